The quantitative estimate of drug-likeness (QED) is 0.798. The molecule has 1 fully saturated rings. The van der Waals surface area contributed by atoms with Gasteiger partial charge in [-0.1, -0.05) is 25.1 Å². The number of rotatable bonds is 2. The first-order valence-electron chi connectivity index (χ1n) is 8.68. The number of halogens is 3. The van der Waals surface area contributed by atoms with Crippen LogP contribution in [0.3, 0.4) is 0 Å². The molecule has 2 heterocycles. The smallest absolute Gasteiger partial charge is 0.422 e. The molecule has 2 atom stereocenters. The summed E-state index contributed by atoms with van der Waals surface area (Å²) in [6.45, 7) is 1.20. The van der Waals surface area contributed by atoms with Gasteiger partial charge < -0.3 is 9.64 Å². The molecule has 142 valence electrons. The van der Waals surface area contributed by atoms with Crippen molar-refractivity contribution in [1.82, 2.24) is 4.90 Å². The van der Waals surface area contributed by atoms with E-state index in [2.05, 4.69) is 11.7 Å². The zero-order chi connectivity index (χ0) is 18.9. The lowest BCUT2D eigenvalue weighted by molar-refractivity contribution is -0.162. The first-order chi connectivity index (χ1) is 12.3. The Kier molecular flexibility index (Phi) is 5.11. The van der Waals surface area contributed by atoms with Crippen LogP contribution in [0.4, 0.5) is 23.7 Å². The molecule has 26 heavy (non-hydrogen) atoms. The normalized spacial score (nSPS) is 22.9. The minimum absolute atomic E-state index is 0.221. The van der Waals surface area contributed by atoms with Gasteiger partial charge in [0.25, 0.3) is 0 Å². The lowest BCUT2D eigenvalue weighted by Gasteiger charge is -2.36. The number of carbonyl (C=O) groups is 2. The summed E-state index contributed by atoms with van der Waals surface area (Å²) in [6, 6.07) is 6.83. The van der Waals surface area contributed by atoms with Crippen LogP contribution in [0.15, 0.2) is 24.3 Å². The predicted octanol–water partition coefficient (Wildman–Crippen LogP) is 3.69. The van der Waals surface area contributed by atoms with E-state index in [1.165, 1.54) is 0 Å². The van der Waals surface area contributed by atoms with E-state index >= 15 is 0 Å². The van der Waals surface area contributed by atoms with Gasteiger partial charge in [0.2, 0.25) is 5.91 Å². The zero-order valence-corrected chi connectivity index (χ0v) is 14.5. The number of amides is 2. The fourth-order valence-electron chi connectivity index (χ4n) is 3.63. The van der Waals surface area contributed by atoms with Gasteiger partial charge in [0.05, 0.1) is 0 Å². The molecule has 1 aromatic rings. The van der Waals surface area contributed by atoms with Crippen molar-refractivity contribution in [3.63, 3.8) is 0 Å². The van der Waals surface area contributed by atoms with Crippen LogP contribution < -0.4 is 4.90 Å². The van der Waals surface area contributed by atoms with Gasteiger partial charge in [-0.2, -0.15) is 13.2 Å². The number of carbonyl (C=O) groups excluding carboxylic acids is 2. The number of para-hydroxylation sites is 1. The van der Waals surface area contributed by atoms with Crippen molar-refractivity contribution in [2.75, 3.05) is 24.6 Å². The molecule has 2 aliphatic rings. The average molecular weight is 370 g/mol. The van der Waals surface area contributed by atoms with Gasteiger partial charge in [-0.05, 0) is 36.8 Å². The van der Waals surface area contributed by atoms with E-state index < -0.39 is 24.9 Å². The van der Waals surface area contributed by atoms with Crippen molar-refractivity contribution in [2.45, 2.75) is 44.3 Å². The Morgan fingerprint density at radius 2 is 1.92 bits per heavy atom. The number of hydrogen-bond acceptors (Lipinski definition) is 3. The summed E-state index contributed by atoms with van der Waals surface area (Å²) in [5.41, 5.74) is 1.88. The van der Waals surface area contributed by atoms with Crippen molar-refractivity contribution in [2.24, 2.45) is 0 Å². The van der Waals surface area contributed by atoms with Crippen LogP contribution in [-0.4, -0.2) is 48.8 Å². The van der Waals surface area contributed by atoms with Gasteiger partial charge in [-0.15, -0.1) is 0 Å². The maximum absolute atomic E-state index is 13.0. The molecule has 1 saturated heterocycles. The summed E-state index contributed by atoms with van der Waals surface area (Å²) in [6.07, 6.45) is -3.89. The van der Waals surface area contributed by atoms with Gasteiger partial charge in [0, 0.05) is 18.8 Å². The summed E-state index contributed by atoms with van der Waals surface area (Å²) in [5.74, 6) is 0.0671. The highest BCUT2D eigenvalue weighted by atomic mass is 19.4. The molecule has 0 N–H and O–H groups in total. The molecule has 0 unspecified atom stereocenters. The van der Waals surface area contributed by atoms with Crippen molar-refractivity contribution in [1.29, 1.82) is 0 Å². The maximum Gasteiger partial charge on any atom is 0.422 e. The molecule has 8 heteroatoms. The highest BCUT2D eigenvalue weighted by Gasteiger charge is 2.40. The summed E-state index contributed by atoms with van der Waals surface area (Å²) < 4.78 is 41.2. The van der Waals surface area contributed by atoms with Crippen LogP contribution in [0.25, 0.3) is 0 Å². The van der Waals surface area contributed by atoms with Gasteiger partial charge >= 0.3 is 12.3 Å². The summed E-state index contributed by atoms with van der Waals surface area (Å²) >= 11 is 0. The van der Waals surface area contributed by atoms with E-state index in [0.717, 1.165) is 22.6 Å². The van der Waals surface area contributed by atoms with Gasteiger partial charge in [0.1, 0.15) is 6.04 Å². The Morgan fingerprint density at radius 3 is 2.65 bits per heavy atom. The van der Waals surface area contributed by atoms with Gasteiger partial charge in [-0.25, -0.2) is 4.79 Å². The predicted molar refractivity (Wildman–Crippen MR) is 89.0 cm³/mol. The summed E-state index contributed by atoms with van der Waals surface area (Å²) in [5, 5.41) is 0. The SMILES string of the molecule is C[C@H]1CCN(C(=O)[C@@H]2CCCN2C(=O)OCC(F)(F)F)c2ccccc21. The van der Waals surface area contributed by atoms with E-state index in [0.29, 0.717) is 25.3 Å². The largest absolute Gasteiger partial charge is 0.440 e. The number of nitrogens with zero attached hydrogens (tertiary/aromatic N) is 2. The number of likely N-dealkylation sites (tertiary alicyclic amines) is 1. The summed E-state index contributed by atoms with van der Waals surface area (Å²) in [4.78, 5) is 27.8. The fraction of sp³-hybridized carbons (Fsp3) is 0.556. The van der Waals surface area contributed by atoms with E-state index in [1.807, 2.05) is 24.3 Å². The highest BCUT2D eigenvalue weighted by Crippen LogP contribution is 2.36. The molecule has 1 aromatic carbocycles. The van der Waals surface area contributed by atoms with Crippen molar-refractivity contribution in [3.05, 3.63) is 29.8 Å². The topological polar surface area (TPSA) is 49.9 Å². The Hall–Kier alpha value is -2.25. The molecule has 3 rings (SSSR count). The third kappa shape index (κ3) is 3.78. The van der Waals surface area contributed by atoms with E-state index in [4.69, 9.17) is 0 Å². The van der Waals surface area contributed by atoms with E-state index in [-0.39, 0.29) is 12.5 Å². The summed E-state index contributed by atoms with van der Waals surface area (Å²) in [7, 11) is 0. The molecule has 5 nitrogen and oxygen atoms in total. The van der Waals surface area contributed by atoms with Gasteiger partial charge in [0.15, 0.2) is 6.61 Å². The minimum Gasteiger partial charge on any atom is -0.440 e. The Balaban J connectivity index is 1.75. The molecule has 0 bridgehead atoms. The Bertz CT molecular complexity index is 693. The number of alkyl halides is 3. The van der Waals surface area contributed by atoms with Crippen molar-refractivity contribution < 1.29 is 27.5 Å². The van der Waals surface area contributed by atoms with E-state index in [9.17, 15) is 22.8 Å². The third-order valence-electron chi connectivity index (χ3n) is 4.94. The van der Waals surface area contributed by atoms with Crippen LogP contribution >= 0.6 is 0 Å². The third-order valence-corrected chi connectivity index (χ3v) is 4.94. The van der Waals surface area contributed by atoms with E-state index in [1.54, 1.807) is 4.90 Å². The highest BCUT2D eigenvalue weighted by molar-refractivity contribution is 6.00. The van der Waals surface area contributed by atoms with Gasteiger partial charge in [-0.3, -0.25) is 9.69 Å². The number of anilines is 1. The van der Waals surface area contributed by atoms with Crippen molar-refractivity contribution >= 4 is 17.7 Å². The molecule has 0 aliphatic carbocycles. The number of benzene rings is 1. The second-order valence-corrected chi connectivity index (χ2v) is 6.76. The molecular formula is C18H21F3N2O3. The molecule has 0 radical (unpaired) electrons. The molecule has 0 saturated carbocycles. The van der Waals surface area contributed by atoms with Crippen LogP contribution in [0, 0.1) is 0 Å². The number of hydrogen-bond donors (Lipinski definition) is 0. The Morgan fingerprint density at radius 1 is 1.19 bits per heavy atom. The van der Waals surface area contributed by atoms with Crippen LogP contribution in [0.5, 0.6) is 0 Å². The first kappa shape index (κ1) is 18.5. The molecule has 0 spiro atoms. The first-order valence-corrected chi connectivity index (χ1v) is 8.68. The number of ether oxygens (including phenoxy) is 1. The Labute approximate surface area is 149 Å². The monoisotopic (exact) mass is 370 g/mol. The lowest BCUT2D eigenvalue weighted by Crippen LogP contribution is -2.50. The average Bonchev–Trinajstić information content (AvgIpc) is 3.09. The maximum atomic E-state index is 13.0. The zero-order valence-electron chi connectivity index (χ0n) is 14.5. The fourth-order valence-corrected chi connectivity index (χ4v) is 3.63. The van der Waals surface area contributed by atoms with Crippen LogP contribution in [0.2, 0.25) is 0 Å². The second-order valence-electron chi connectivity index (χ2n) is 6.76. The van der Waals surface area contributed by atoms with Crippen LogP contribution in [-0.2, 0) is 9.53 Å². The minimum atomic E-state index is -4.59. The van der Waals surface area contributed by atoms with Crippen LogP contribution in [0.1, 0.15) is 37.7 Å². The molecular weight excluding hydrogens is 349 g/mol. The number of fused-ring (bicyclic) bond motifs is 1. The molecule has 0 aromatic heterocycles. The molecule has 2 amide bonds. The standard InChI is InChI=1S/C18H21F3N2O3/c1-12-8-10-22(14-6-3-2-5-13(12)14)16(24)15-7-4-9-23(15)17(25)26-11-18(19,20)21/h2-3,5-6,12,15H,4,7-11H2,1H3/t12-,15-/m0/s1. The van der Waals surface area contributed by atoms with Crippen molar-refractivity contribution in [3.8, 4) is 0 Å². The second kappa shape index (κ2) is 7.17. The lowest BCUT2D eigenvalue weighted by atomic mass is 9.91. The molecule has 2 aliphatic heterocycles.